The Kier molecular flexibility index (Phi) is 16.4. The maximum absolute atomic E-state index is 7.68. The van der Waals surface area contributed by atoms with Crippen LogP contribution in [0.5, 0.6) is 0 Å². The summed E-state index contributed by atoms with van der Waals surface area (Å²) in [6.07, 6.45) is 8.82. The Morgan fingerprint density at radius 3 is 1.57 bits per heavy atom. The number of rotatable bonds is 23. The van der Waals surface area contributed by atoms with Gasteiger partial charge in [0.05, 0.1) is 25.4 Å². The summed E-state index contributed by atoms with van der Waals surface area (Å²) in [4.78, 5) is 2.77. The summed E-state index contributed by atoms with van der Waals surface area (Å²) in [5, 5.41) is 2.62. The zero-order chi connectivity index (χ0) is 38.3. The number of benzene rings is 4. The Bertz CT molecular complexity index is 1550. The zero-order valence-corrected chi connectivity index (χ0v) is 36.4. The van der Waals surface area contributed by atoms with Gasteiger partial charge in [-0.2, -0.15) is 0 Å². The van der Waals surface area contributed by atoms with Crippen molar-refractivity contribution in [2.24, 2.45) is 0 Å². The first-order valence-corrected chi connectivity index (χ1v) is 25.5. The lowest BCUT2D eigenvalue weighted by atomic mass is 9.85. The molecule has 4 aromatic rings. The summed E-state index contributed by atoms with van der Waals surface area (Å²) in [5.74, 6) is 0. The Labute approximate surface area is 330 Å². The first-order valence-electron chi connectivity index (χ1n) is 21.1. The second-order valence-corrected chi connectivity index (χ2v) is 25.6. The number of likely N-dealkylation sites (tertiary alicyclic amines) is 1. The monoisotopic (exact) mass is 763 g/mol. The van der Waals surface area contributed by atoms with Crippen molar-refractivity contribution in [3.63, 3.8) is 0 Å². The van der Waals surface area contributed by atoms with Gasteiger partial charge in [0, 0.05) is 19.2 Å². The predicted molar refractivity (Wildman–Crippen MR) is 234 cm³/mol. The van der Waals surface area contributed by atoms with E-state index in [1.54, 1.807) is 0 Å². The van der Waals surface area contributed by atoms with E-state index < -0.39 is 16.6 Å². The molecule has 1 aliphatic rings. The van der Waals surface area contributed by atoms with Gasteiger partial charge in [0.25, 0.3) is 8.32 Å². The summed E-state index contributed by atoms with van der Waals surface area (Å²) in [6, 6.07) is 47.9. The van der Waals surface area contributed by atoms with Crippen molar-refractivity contribution in [3.05, 3.63) is 132 Å². The highest BCUT2D eigenvalue weighted by atomic mass is 28.4. The molecule has 4 aromatic carbocycles. The predicted octanol–water partition coefficient (Wildman–Crippen LogP) is 11.2. The topological polar surface area (TPSA) is 30.9 Å². The number of nitrogens with zero attached hydrogens (tertiary/aromatic N) is 1. The third kappa shape index (κ3) is 10.7. The standard InChI is InChI=1S/C48H69NO3Si2/c1-7-53(8-2,9-3)52-47-45(36-26-12-10-11-13-27-37-50-39-42-30-20-15-21-31-42)49(38-41-28-18-14-19-29-41)46(47)40-51-54(48(4,5)6,43-32-22-16-23-33-43)44-34-24-17-25-35-44/h14-25,28-35,45-47H,7-13,26-27,36-40H2,1-6H3/t45-,46-,47+/m0/s1. The van der Waals surface area contributed by atoms with Crippen molar-refractivity contribution < 1.29 is 13.6 Å². The quantitative estimate of drug-likeness (QED) is 0.0556. The molecular formula is C48H69NO3Si2. The first kappa shape index (κ1) is 42.3. The number of ether oxygens (including phenoxy) is 1. The van der Waals surface area contributed by atoms with Gasteiger partial charge in [0.2, 0.25) is 0 Å². The second-order valence-electron chi connectivity index (χ2n) is 16.5. The van der Waals surface area contributed by atoms with Crippen molar-refractivity contribution in [2.75, 3.05) is 13.2 Å². The molecule has 0 bridgehead atoms. The molecule has 4 nitrogen and oxygen atoms in total. The Morgan fingerprint density at radius 2 is 1.06 bits per heavy atom. The highest BCUT2D eigenvalue weighted by molar-refractivity contribution is 6.99. The summed E-state index contributed by atoms with van der Waals surface area (Å²) in [5.41, 5.74) is 2.63. The van der Waals surface area contributed by atoms with E-state index in [-0.39, 0.29) is 17.2 Å². The van der Waals surface area contributed by atoms with Gasteiger partial charge in [-0.25, -0.2) is 0 Å². The van der Waals surface area contributed by atoms with Crippen LogP contribution in [-0.4, -0.2) is 52.9 Å². The molecule has 1 heterocycles. The molecule has 6 heteroatoms. The van der Waals surface area contributed by atoms with Crippen LogP contribution in [0.3, 0.4) is 0 Å². The molecule has 0 amide bonds. The van der Waals surface area contributed by atoms with Crippen LogP contribution in [0.25, 0.3) is 0 Å². The highest BCUT2D eigenvalue weighted by Gasteiger charge is 2.55. The molecule has 1 aliphatic heterocycles. The molecule has 0 aliphatic carbocycles. The highest BCUT2D eigenvalue weighted by Crippen LogP contribution is 2.41. The fourth-order valence-corrected chi connectivity index (χ4v) is 16.2. The van der Waals surface area contributed by atoms with Gasteiger partial charge in [-0.15, -0.1) is 0 Å². The van der Waals surface area contributed by atoms with Gasteiger partial charge in [0.15, 0.2) is 8.32 Å². The van der Waals surface area contributed by atoms with Crippen LogP contribution in [0.15, 0.2) is 121 Å². The molecule has 1 fully saturated rings. The van der Waals surface area contributed by atoms with Crippen molar-refractivity contribution in [3.8, 4) is 0 Å². The lowest BCUT2D eigenvalue weighted by Crippen LogP contribution is -2.73. The van der Waals surface area contributed by atoms with Crippen molar-refractivity contribution in [2.45, 2.75) is 141 Å². The largest absolute Gasteiger partial charge is 0.411 e. The SMILES string of the molecule is CC[Si](CC)(CC)O[C@@H]1[C@H](CCCCCCCCOCc2ccccc2)N(Cc2ccccc2)[C@H]1CO[Si](c1ccccc1)(c1ccccc1)C(C)(C)C. The van der Waals surface area contributed by atoms with E-state index in [0.717, 1.165) is 19.6 Å². The molecule has 0 radical (unpaired) electrons. The lowest BCUT2D eigenvalue weighted by Gasteiger charge is -2.58. The number of hydrogen-bond donors (Lipinski definition) is 0. The average molecular weight is 764 g/mol. The van der Waals surface area contributed by atoms with E-state index in [2.05, 4.69) is 168 Å². The molecule has 0 aromatic heterocycles. The van der Waals surface area contributed by atoms with Crippen LogP contribution < -0.4 is 10.4 Å². The third-order valence-corrected chi connectivity index (χ3v) is 21.8. The molecule has 292 valence electrons. The van der Waals surface area contributed by atoms with E-state index in [9.17, 15) is 0 Å². The summed E-state index contributed by atoms with van der Waals surface area (Å²) in [6.45, 7) is 17.4. The minimum atomic E-state index is -2.70. The van der Waals surface area contributed by atoms with Crippen molar-refractivity contribution >= 4 is 27.0 Å². The Morgan fingerprint density at radius 1 is 0.574 bits per heavy atom. The van der Waals surface area contributed by atoms with Crippen LogP contribution in [0, 0.1) is 0 Å². The van der Waals surface area contributed by atoms with Gasteiger partial charge < -0.3 is 13.6 Å². The van der Waals surface area contributed by atoms with Gasteiger partial charge in [0.1, 0.15) is 0 Å². The summed E-state index contributed by atoms with van der Waals surface area (Å²) in [7, 11) is -4.58. The molecular weight excluding hydrogens is 695 g/mol. The van der Waals surface area contributed by atoms with Gasteiger partial charge in [-0.3, -0.25) is 4.90 Å². The van der Waals surface area contributed by atoms with Gasteiger partial charge in [-0.1, -0.05) is 195 Å². The lowest BCUT2D eigenvalue weighted by molar-refractivity contribution is -0.132. The molecule has 54 heavy (non-hydrogen) atoms. The maximum Gasteiger partial charge on any atom is 0.261 e. The van der Waals surface area contributed by atoms with E-state index in [0.29, 0.717) is 19.3 Å². The molecule has 1 saturated heterocycles. The van der Waals surface area contributed by atoms with Gasteiger partial charge >= 0.3 is 0 Å². The fraction of sp³-hybridized carbons (Fsp3) is 0.500. The third-order valence-electron chi connectivity index (χ3n) is 12.2. The van der Waals surface area contributed by atoms with E-state index >= 15 is 0 Å². The maximum atomic E-state index is 7.68. The van der Waals surface area contributed by atoms with Crippen molar-refractivity contribution in [1.82, 2.24) is 4.90 Å². The average Bonchev–Trinajstić information content (AvgIpc) is 3.20. The fourth-order valence-electron chi connectivity index (χ4n) is 8.77. The van der Waals surface area contributed by atoms with E-state index in [1.807, 2.05) is 0 Å². The molecule has 0 unspecified atom stereocenters. The van der Waals surface area contributed by atoms with Crippen LogP contribution in [0.1, 0.15) is 97.6 Å². The van der Waals surface area contributed by atoms with E-state index in [4.69, 9.17) is 13.6 Å². The van der Waals surface area contributed by atoms with Crippen LogP contribution >= 0.6 is 0 Å². The van der Waals surface area contributed by atoms with Crippen LogP contribution in [0.2, 0.25) is 23.2 Å². The Hall–Kier alpha value is -2.85. The van der Waals surface area contributed by atoms with Crippen LogP contribution in [0.4, 0.5) is 0 Å². The second kappa shape index (κ2) is 20.9. The van der Waals surface area contributed by atoms with Crippen LogP contribution in [-0.2, 0) is 26.7 Å². The van der Waals surface area contributed by atoms with E-state index in [1.165, 1.54) is 78.2 Å². The minimum Gasteiger partial charge on any atom is -0.411 e. The first-order chi connectivity index (χ1) is 26.3. The zero-order valence-electron chi connectivity index (χ0n) is 34.4. The number of hydrogen-bond acceptors (Lipinski definition) is 4. The normalized spacial score (nSPS) is 18.1. The van der Waals surface area contributed by atoms with Crippen molar-refractivity contribution in [1.29, 1.82) is 0 Å². The smallest absolute Gasteiger partial charge is 0.261 e. The number of unbranched alkanes of at least 4 members (excludes halogenated alkanes) is 5. The molecule has 0 N–H and O–H groups in total. The Balaban J connectivity index is 1.31. The molecule has 5 rings (SSSR count). The summed E-state index contributed by atoms with van der Waals surface area (Å²) < 4.78 is 21.2. The minimum absolute atomic E-state index is 0.0672. The van der Waals surface area contributed by atoms with Gasteiger partial charge in [-0.05, 0) is 57.5 Å². The summed E-state index contributed by atoms with van der Waals surface area (Å²) >= 11 is 0. The molecule has 3 atom stereocenters. The molecule has 0 spiro atoms. The molecule has 0 saturated carbocycles.